The quantitative estimate of drug-likeness (QED) is 0.837. The lowest BCUT2D eigenvalue weighted by Gasteiger charge is -2.33. The lowest BCUT2D eigenvalue weighted by Crippen LogP contribution is -2.45. The summed E-state index contributed by atoms with van der Waals surface area (Å²) < 4.78 is 0. The van der Waals surface area contributed by atoms with Gasteiger partial charge in [-0.15, -0.1) is 12.4 Å². The Hall–Kier alpha value is -1.11. The first-order valence-corrected chi connectivity index (χ1v) is 9.91. The van der Waals surface area contributed by atoms with Crippen LogP contribution in [0.1, 0.15) is 37.7 Å². The molecular formula is C18H26ClN3O2S. The van der Waals surface area contributed by atoms with Gasteiger partial charge in [-0.3, -0.25) is 9.59 Å². The molecule has 1 aliphatic carbocycles. The van der Waals surface area contributed by atoms with Crippen molar-refractivity contribution in [2.45, 2.75) is 44.7 Å². The van der Waals surface area contributed by atoms with Gasteiger partial charge in [0.25, 0.3) is 0 Å². The maximum absolute atomic E-state index is 13.2. The predicted molar refractivity (Wildman–Crippen MR) is 101 cm³/mol. The Labute approximate surface area is 158 Å². The highest BCUT2D eigenvalue weighted by Crippen LogP contribution is 2.56. The van der Waals surface area contributed by atoms with E-state index in [1.165, 1.54) is 5.56 Å². The Bertz CT molecular complexity index is 616. The van der Waals surface area contributed by atoms with Gasteiger partial charge in [0.2, 0.25) is 11.8 Å². The van der Waals surface area contributed by atoms with Crippen LogP contribution >= 0.6 is 23.7 Å². The molecule has 0 bridgehead atoms. The average Bonchev–Trinajstić information content (AvgIpc) is 3.04. The van der Waals surface area contributed by atoms with Crippen molar-refractivity contribution in [3.63, 3.8) is 0 Å². The van der Waals surface area contributed by atoms with E-state index in [1.54, 1.807) is 11.3 Å². The molecule has 7 heteroatoms. The Morgan fingerprint density at radius 3 is 2.80 bits per heavy atom. The van der Waals surface area contributed by atoms with Gasteiger partial charge in [-0.1, -0.05) is 0 Å². The van der Waals surface area contributed by atoms with Crippen molar-refractivity contribution in [3.8, 4) is 0 Å². The van der Waals surface area contributed by atoms with Crippen molar-refractivity contribution in [3.05, 3.63) is 22.4 Å². The van der Waals surface area contributed by atoms with Crippen LogP contribution in [0.4, 0.5) is 0 Å². The van der Waals surface area contributed by atoms with E-state index < -0.39 is 0 Å². The predicted octanol–water partition coefficient (Wildman–Crippen LogP) is 2.17. The molecule has 1 saturated carbocycles. The maximum atomic E-state index is 13.2. The molecule has 0 radical (unpaired) electrons. The van der Waals surface area contributed by atoms with Gasteiger partial charge in [-0.2, -0.15) is 11.3 Å². The first-order chi connectivity index (χ1) is 11.7. The number of hydrogen-bond acceptors (Lipinski definition) is 4. The summed E-state index contributed by atoms with van der Waals surface area (Å²) in [4.78, 5) is 27.0. The van der Waals surface area contributed by atoms with E-state index in [4.69, 9.17) is 0 Å². The van der Waals surface area contributed by atoms with Crippen molar-refractivity contribution in [1.82, 2.24) is 15.5 Å². The van der Waals surface area contributed by atoms with E-state index >= 15 is 0 Å². The van der Waals surface area contributed by atoms with Crippen LogP contribution in [0, 0.1) is 11.3 Å². The first kappa shape index (κ1) is 18.7. The minimum atomic E-state index is -0.142. The highest BCUT2D eigenvalue weighted by molar-refractivity contribution is 7.07. The number of rotatable bonds is 4. The first-order valence-electron chi connectivity index (χ1n) is 8.97. The second-order valence-electron chi connectivity index (χ2n) is 7.47. The van der Waals surface area contributed by atoms with Gasteiger partial charge >= 0.3 is 0 Å². The van der Waals surface area contributed by atoms with Gasteiger partial charge in [0.05, 0.1) is 0 Å². The fourth-order valence-electron chi connectivity index (χ4n) is 4.38. The largest absolute Gasteiger partial charge is 0.356 e. The molecule has 3 heterocycles. The van der Waals surface area contributed by atoms with E-state index in [1.807, 2.05) is 0 Å². The monoisotopic (exact) mass is 383 g/mol. The SMILES string of the molecule is Cl.O=C1CC(C(=O)N(Cc2ccsc2)C2CC23CCNCC3)CCN1. The van der Waals surface area contributed by atoms with Crippen LogP contribution in [0.25, 0.3) is 0 Å². The van der Waals surface area contributed by atoms with E-state index in [-0.39, 0.29) is 30.1 Å². The highest BCUT2D eigenvalue weighted by atomic mass is 35.5. The Morgan fingerprint density at radius 2 is 2.12 bits per heavy atom. The molecule has 138 valence electrons. The third-order valence-electron chi connectivity index (χ3n) is 5.93. The molecule has 2 saturated heterocycles. The number of carbonyl (C=O) groups excluding carboxylic acids is 2. The van der Waals surface area contributed by atoms with Crippen LogP contribution in [0.3, 0.4) is 0 Å². The van der Waals surface area contributed by atoms with Gasteiger partial charge in [0, 0.05) is 31.5 Å². The van der Waals surface area contributed by atoms with Crippen LogP contribution in [-0.4, -0.2) is 42.4 Å². The molecule has 1 aromatic heterocycles. The molecule has 1 aromatic rings. The summed E-state index contributed by atoms with van der Waals surface area (Å²) in [5.74, 6) is 0.0654. The molecule has 5 nitrogen and oxygen atoms in total. The summed E-state index contributed by atoms with van der Waals surface area (Å²) >= 11 is 1.68. The van der Waals surface area contributed by atoms with E-state index in [0.717, 1.165) is 38.8 Å². The van der Waals surface area contributed by atoms with Crippen molar-refractivity contribution in [1.29, 1.82) is 0 Å². The lowest BCUT2D eigenvalue weighted by atomic mass is 9.92. The number of hydrogen-bond donors (Lipinski definition) is 2. The van der Waals surface area contributed by atoms with Crippen molar-refractivity contribution in [2.75, 3.05) is 19.6 Å². The van der Waals surface area contributed by atoms with E-state index in [2.05, 4.69) is 32.4 Å². The zero-order chi connectivity index (χ0) is 16.6. The smallest absolute Gasteiger partial charge is 0.226 e. The summed E-state index contributed by atoms with van der Waals surface area (Å²) in [6, 6.07) is 2.47. The number of carbonyl (C=O) groups is 2. The van der Waals surface area contributed by atoms with Gasteiger partial charge in [0.15, 0.2) is 0 Å². The topological polar surface area (TPSA) is 61.4 Å². The molecule has 2 N–H and O–H groups in total. The van der Waals surface area contributed by atoms with E-state index in [0.29, 0.717) is 31.0 Å². The van der Waals surface area contributed by atoms with Crippen LogP contribution < -0.4 is 10.6 Å². The normalized spacial score (nSPS) is 27.3. The van der Waals surface area contributed by atoms with Crippen molar-refractivity contribution >= 4 is 35.6 Å². The summed E-state index contributed by atoms with van der Waals surface area (Å²) in [5, 5.41) is 10.5. The molecule has 2 amide bonds. The molecule has 2 atom stereocenters. The molecule has 2 unspecified atom stereocenters. The second-order valence-corrected chi connectivity index (χ2v) is 8.25. The third kappa shape index (κ3) is 3.86. The summed E-state index contributed by atoms with van der Waals surface area (Å²) in [5.41, 5.74) is 1.54. The number of piperidine rings is 2. The fraction of sp³-hybridized carbons (Fsp3) is 0.667. The molecule has 0 aromatic carbocycles. The van der Waals surface area contributed by atoms with Gasteiger partial charge < -0.3 is 15.5 Å². The number of thiophene rings is 1. The zero-order valence-corrected chi connectivity index (χ0v) is 16.0. The van der Waals surface area contributed by atoms with Crippen LogP contribution in [-0.2, 0) is 16.1 Å². The van der Waals surface area contributed by atoms with Crippen LogP contribution in [0.2, 0.25) is 0 Å². The summed E-state index contributed by atoms with van der Waals surface area (Å²) in [6.45, 7) is 3.44. The highest BCUT2D eigenvalue weighted by Gasteiger charge is 2.58. The van der Waals surface area contributed by atoms with Crippen molar-refractivity contribution < 1.29 is 9.59 Å². The number of halogens is 1. The Kier molecular flexibility index (Phi) is 5.71. The van der Waals surface area contributed by atoms with Crippen molar-refractivity contribution in [2.24, 2.45) is 11.3 Å². The van der Waals surface area contributed by atoms with Crippen LogP contribution in [0.15, 0.2) is 16.8 Å². The number of nitrogens with zero attached hydrogens (tertiary/aromatic N) is 1. The number of nitrogens with one attached hydrogen (secondary N) is 2. The minimum absolute atomic E-state index is 0. The average molecular weight is 384 g/mol. The second kappa shape index (κ2) is 7.64. The van der Waals surface area contributed by atoms with Gasteiger partial charge in [-0.25, -0.2) is 0 Å². The molecular weight excluding hydrogens is 358 g/mol. The minimum Gasteiger partial charge on any atom is -0.356 e. The maximum Gasteiger partial charge on any atom is 0.226 e. The molecule has 3 fully saturated rings. The third-order valence-corrected chi connectivity index (χ3v) is 6.67. The fourth-order valence-corrected chi connectivity index (χ4v) is 5.04. The molecule has 4 rings (SSSR count). The molecule has 1 spiro atoms. The van der Waals surface area contributed by atoms with Gasteiger partial charge in [-0.05, 0) is 66.6 Å². The number of amides is 2. The molecule has 2 aliphatic heterocycles. The van der Waals surface area contributed by atoms with E-state index in [9.17, 15) is 9.59 Å². The molecule has 3 aliphatic rings. The zero-order valence-electron chi connectivity index (χ0n) is 14.3. The molecule has 25 heavy (non-hydrogen) atoms. The van der Waals surface area contributed by atoms with Crippen LogP contribution in [0.5, 0.6) is 0 Å². The van der Waals surface area contributed by atoms with Gasteiger partial charge in [0.1, 0.15) is 0 Å². The lowest BCUT2D eigenvalue weighted by molar-refractivity contribution is -0.141. The summed E-state index contributed by atoms with van der Waals surface area (Å²) in [7, 11) is 0. The Morgan fingerprint density at radius 1 is 1.32 bits per heavy atom. The Balaban J connectivity index is 0.00000182. The summed E-state index contributed by atoms with van der Waals surface area (Å²) in [6.07, 6.45) is 4.57. The standard InChI is InChI=1S/C18H25N3O2S.ClH/c22-16-9-14(1-5-20-16)17(23)21(11-13-2-8-24-12-13)15-10-18(15)3-6-19-7-4-18;/h2,8,12,14-15,19H,1,3-7,9-11H2,(H,20,22);1H.